The molecule has 14 heavy (non-hydrogen) atoms. The molecule has 0 unspecified atom stereocenters. The van der Waals surface area contributed by atoms with Gasteiger partial charge in [0.2, 0.25) is 0 Å². The Morgan fingerprint density at radius 2 is 1.86 bits per heavy atom. The van der Waals surface area contributed by atoms with Gasteiger partial charge in [-0.2, -0.15) is 8.42 Å². The smallest absolute Gasteiger partial charge is 0.853 e. The summed E-state index contributed by atoms with van der Waals surface area (Å²) in [6.07, 6.45) is -1.34. The van der Waals surface area contributed by atoms with Crippen molar-refractivity contribution in [3.8, 4) is 0 Å². The van der Waals surface area contributed by atoms with Crippen LogP contribution in [0.3, 0.4) is 0 Å². The van der Waals surface area contributed by atoms with Crippen LogP contribution in [0.15, 0.2) is 0 Å². The molecule has 0 aliphatic heterocycles. The standard InChI is InChI=1S/C5H9O6S.2Na/c1-12(9,10)11-4(3-6)2-5(7)8;;/h4H,2-3H2,1H3,(H,7,8);;/q-1;2*+1/p-1/t4-;;/m0../s1. The molecule has 9 heteroatoms. The third-order valence-electron chi connectivity index (χ3n) is 0.891. The molecule has 0 aromatic carbocycles. The second kappa shape index (κ2) is 9.56. The molecule has 72 valence electrons. The van der Waals surface area contributed by atoms with E-state index < -0.39 is 35.2 Å². The molecule has 0 spiro atoms. The number of rotatable bonds is 5. The van der Waals surface area contributed by atoms with E-state index >= 15 is 0 Å². The van der Waals surface area contributed by atoms with Crippen molar-refractivity contribution in [2.45, 2.75) is 12.5 Å². The van der Waals surface area contributed by atoms with Gasteiger partial charge < -0.3 is 15.0 Å². The summed E-state index contributed by atoms with van der Waals surface area (Å²) in [6, 6.07) is 0. The Kier molecular flexibility index (Phi) is 14.1. The van der Waals surface area contributed by atoms with Crippen LogP contribution in [0.5, 0.6) is 0 Å². The van der Waals surface area contributed by atoms with E-state index in [9.17, 15) is 23.4 Å². The van der Waals surface area contributed by atoms with Crippen LogP contribution >= 0.6 is 0 Å². The third kappa shape index (κ3) is 13.3. The Labute approximate surface area is 127 Å². The number of carboxylic acid groups (broad SMARTS) is 1. The number of carbonyl (C=O) groups is 1. The number of carboxylic acids is 1. The van der Waals surface area contributed by atoms with Gasteiger partial charge in [0.1, 0.15) is 0 Å². The van der Waals surface area contributed by atoms with Gasteiger partial charge in [-0.15, -0.1) is 6.61 Å². The van der Waals surface area contributed by atoms with Crippen molar-refractivity contribution >= 4 is 16.1 Å². The molecule has 0 amide bonds. The summed E-state index contributed by atoms with van der Waals surface area (Å²) in [5.41, 5.74) is 0. The molecule has 0 saturated heterocycles. The minimum atomic E-state index is -3.77. The average Bonchev–Trinajstić information content (AvgIpc) is 1.82. The minimum Gasteiger partial charge on any atom is -0.853 e. The first-order valence-electron chi connectivity index (χ1n) is 3.01. The van der Waals surface area contributed by atoms with Gasteiger partial charge in [-0.1, -0.05) is 0 Å². The third-order valence-corrected chi connectivity index (χ3v) is 1.51. The molecule has 0 saturated carbocycles. The van der Waals surface area contributed by atoms with Gasteiger partial charge in [-0.25, -0.2) is 0 Å². The van der Waals surface area contributed by atoms with Crippen LogP contribution in [0.4, 0.5) is 0 Å². The summed E-state index contributed by atoms with van der Waals surface area (Å²) < 4.78 is 25.0. The van der Waals surface area contributed by atoms with Gasteiger partial charge in [0.15, 0.2) is 0 Å². The van der Waals surface area contributed by atoms with Crippen LogP contribution in [0, 0.1) is 0 Å². The summed E-state index contributed by atoms with van der Waals surface area (Å²) in [7, 11) is -3.77. The maximum Gasteiger partial charge on any atom is 1.00 e. The van der Waals surface area contributed by atoms with Crippen LogP contribution in [0.1, 0.15) is 6.42 Å². The summed E-state index contributed by atoms with van der Waals surface area (Å²) in [5, 5.41) is 20.1. The van der Waals surface area contributed by atoms with Crippen molar-refractivity contribution in [2.24, 2.45) is 0 Å². The van der Waals surface area contributed by atoms with Crippen molar-refractivity contribution in [3.05, 3.63) is 0 Å². The van der Waals surface area contributed by atoms with Gasteiger partial charge in [-0.05, 0) is 0 Å². The van der Waals surface area contributed by atoms with E-state index in [0.29, 0.717) is 0 Å². The second-order valence-corrected chi connectivity index (χ2v) is 3.77. The maximum atomic E-state index is 10.4. The van der Waals surface area contributed by atoms with Crippen LogP contribution in [0.25, 0.3) is 0 Å². The van der Waals surface area contributed by atoms with Crippen molar-refractivity contribution in [2.75, 3.05) is 12.9 Å². The second-order valence-electron chi connectivity index (χ2n) is 2.17. The Balaban J connectivity index is -0.000000605. The van der Waals surface area contributed by atoms with E-state index in [4.69, 9.17) is 0 Å². The quantitative estimate of drug-likeness (QED) is 0.350. The topological polar surface area (TPSA) is 107 Å². The molecule has 0 fully saturated rings. The zero-order valence-electron chi connectivity index (χ0n) is 8.35. The Morgan fingerprint density at radius 3 is 2.07 bits per heavy atom. The van der Waals surface area contributed by atoms with Crippen molar-refractivity contribution in [1.82, 2.24) is 0 Å². The first kappa shape index (κ1) is 20.7. The minimum absolute atomic E-state index is 0. The van der Waals surface area contributed by atoms with Gasteiger partial charge >= 0.3 is 59.1 Å². The van der Waals surface area contributed by atoms with Crippen LogP contribution in [-0.4, -0.2) is 33.4 Å². The molecule has 0 radical (unpaired) electrons. The predicted molar refractivity (Wildman–Crippen MR) is 34.2 cm³/mol. The average molecular weight is 242 g/mol. The van der Waals surface area contributed by atoms with Gasteiger partial charge in [0.05, 0.1) is 12.4 Å². The summed E-state index contributed by atoms with van der Waals surface area (Å²) in [6.45, 7) is -0.930. The van der Waals surface area contributed by atoms with E-state index in [0.717, 1.165) is 6.26 Å². The van der Waals surface area contributed by atoms with Crippen LogP contribution in [0.2, 0.25) is 0 Å². The van der Waals surface area contributed by atoms with E-state index in [1.807, 2.05) is 0 Å². The summed E-state index contributed by atoms with van der Waals surface area (Å²) >= 11 is 0. The molecule has 1 atom stereocenters. The zero-order chi connectivity index (χ0) is 9.78. The molecular weight excluding hydrogens is 234 g/mol. The fourth-order valence-electron chi connectivity index (χ4n) is 0.554. The molecule has 0 bridgehead atoms. The van der Waals surface area contributed by atoms with E-state index in [1.54, 1.807) is 0 Å². The maximum absolute atomic E-state index is 10.4. The first-order valence-corrected chi connectivity index (χ1v) is 4.83. The van der Waals surface area contributed by atoms with Crippen LogP contribution < -0.4 is 69.3 Å². The summed E-state index contributed by atoms with van der Waals surface area (Å²) in [5.74, 6) is -1.51. The Hall–Kier alpha value is 1.34. The fourth-order valence-corrected chi connectivity index (χ4v) is 1.17. The monoisotopic (exact) mass is 242 g/mol. The largest absolute Gasteiger partial charge is 1.00 e. The predicted octanol–water partition coefficient (Wildman–Crippen LogP) is -9.16. The van der Waals surface area contributed by atoms with Crippen molar-refractivity contribution in [3.63, 3.8) is 0 Å². The number of hydrogen-bond donors (Lipinski definition) is 0. The fraction of sp³-hybridized carbons (Fsp3) is 0.800. The van der Waals surface area contributed by atoms with Gasteiger partial charge in [0, 0.05) is 12.4 Å². The molecule has 0 aliphatic rings. The molecular formula is C5H8Na2O6S. The first-order chi connectivity index (χ1) is 5.35. The SMILES string of the molecule is CS(=O)(=O)O[C@H](C[O-])CC(=O)[O-].[Na+].[Na+]. The summed E-state index contributed by atoms with van der Waals surface area (Å²) in [4.78, 5) is 9.93. The van der Waals surface area contributed by atoms with Gasteiger partial charge in [0.25, 0.3) is 10.1 Å². The Bertz CT molecular complexity index is 251. The molecule has 0 rings (SSSR count). The Morgan fingerprint density at radius 1 is 1.43 bits per heavy atom. The van der Waals surface area contributed by atoms with Crippen LogP contribution in [-0.2, 0) is 19.1 Å². The molecule has 0 aromatic heterocycles. The normalized spacial score (nSPS) is 12.1. The van der Waals surface area contributed by atoms with Crippen molar-refractivity contribution in [1.29, 1.82) is 0 Å². The number of aliphatic carboxylic acids is 1. The van der Waals surface area contributed by atoms with E-state index in [2.05, 4.69) is 4.18 Å². The van der Waals surface area contributed by atoms with Crippen molar-refractivity contribution < 1.29 is 86.7 Å². The molecule has 0 aliphatic carbocycles. The number of hydrogen-bond acceptors (Lipinski definition) is 6. The van der Waals surface area contributed by atoms with Gasteiger partial charge in [-0.3, -0.25) is 4.18 Å². The molecule has 6 nitrogen and oxygen atoms in total. The van der Waals surface area contributed by atoms with E-state index in [-0.39, 0.29) is 59.1 Å². The zero-order valence-corrected chi connectivity index (χ0v) is 13.2. The molecule has 0 heterocycles. The number of carbonyl (C=O) groups excluding carboxylic acids is 1. The molecule has 0 N–H and O–H groups in total. The van der Waals surface area contributed by atoms with E-state index in [1.165, 1.54) is 0 Å². The molecule has 0 aromatic rings.